The summed E-state index contributed by atoms with van der Waals surface area (Å²) in [5.74, 6) is 0.183. The maximum atomic E-state index is 11.2. The van der Waals surface area contributed by atoms with E-state index >= 15 is 0 Å². The summed E-state index contributed by atoms with van der Waals surface area (Å²) in [5, 5.41) is 0. The van der Waals surface area contributed by atoms with Crippen molar-refractivity contribution in [3.63, 3.8) is 0 Å². The molecule has 3 heteroatoms. The van der Waals surface area contributed by atoms with E-state index < -0.39 is 5.60 Å². The first-order valence-corrected chi connectivity index (χ1v) is 8.19. The molecular weight excluding hydrogens is 316 g/mol. The van der Waals surface area contributed by atoms with Crippen molar-refractivity contribution in [2.24, 2.45) is 11.3 Å². The Morgan fingerprint density at radius 2 is 2.20 bits per heavy atom. The highest BCUT2D eigenvalue weighted by molar-refractivity contribution is 9.09. The molecule has 1 rings (SSSR count). The quantitative estimate of drug-likeness (QED) is 0.398. The van der Waals surface area contributed by atoms with Crippen LogP contribution in [0.3, 0.4) is 0 Å². The number of rotatable bonds is 5. The fourth-order valence-electron chi connectivity index (χ4n) is 3.13. The Hall–Kier alpha value is -0.570. The molecule has 0 radical (unpaired) electrons. The zero-order valence-corrected chi connectivity index (χ0v) is 14.8. The van der Waals surface area contributed by atoms with Gasteiger partial charge in [-0.05, 0) is 50.0 Å². The van der Waals surface area contributed by atoms with Crippen molar-refractivity contribution >= 4 is 21.9 Å². The average Bonchev–Trinajstić information content (AvgIpc) is 2.33. The molecule has 3 atom stereocenters. The van der Waals surface area contributed by atoms with Crippen LogP contribution in [0.4, 0.5) is 0 Å². The summed E-state index contributed by atoms with van der Waals surface area (Å²) >= 11 is 3.81. The predicted octanol–water partition coefficient (Wildman–Crippen LogP) is 5.03. The van der Waals surface area contributed by atoms with Crippen LogP contribution in [0.1, 0.15) is 53.4 Å². The summed E-state index contributed by atoms with van der Waals surface area (Å²) < 4.78 is 5.41. The fourth-order valence-corrected chi connectivity index (χ4v) is 3.68. The number of ether oxygens (including phenoxy) is 1. The number of hydrogen-bond donors (Lipinski definition) is 0. The van der Waals surface area contributed by atoms with Gasteiger partial charge in [-0.1, -0.05) is 48.5 Å². The number of hydrogen-bond acceptors (Lipinski definition) is 2. The van der Waals surface area contributed by atoms with Crippen LogP contribution in [-0.4, -0.2) is 16.4 Å². The van der Waals surface area contributed by atoms with Crippen molar-refractivity contribution < 1.29 is 9.53 Å². The molecule has 0 amide bonds. The van der Waals surface area contributed by atoms with Crippen LogP contribution in [0.2, 0.25) is 0 Å². The van der Waals surface area contributed by atoms with Crippen LogP contribution in [0.5, 0.6) is 0 Å². The van der Waals surface area contributed by atoms with Crippen LogP contribution in [-0.2, 0) is 9.53 Å². The Balaban J connectivity index is 2.77. The van der Waals surface area contributed by atoms with Gasteiger partial charge in [0.05, 0.1) is 0 Å². The number of esters is 1. The minimum Gasteiger partial charge on any atom is -0.455 e. The Labute approximate surface area is 131 Å². The van der Waals surface area contributed by atoms with E-state index in [1.807, 2.05) is 6.92 Å². The third-order valence-corrected chi connectivity index (χ3v) is 6.29. The Morgan fingerprint density at radius 3 is 2.70 bits per heavy atom. The van der Waals surface area contributed by atoms with Gasteiger partial charge < -0.3 is 4.74 Å². The summed E-state index contributed by atoms with van der Waals surface area (Å²) in [5.41, 5.74) is 0.912. The second-order valence-corrected chi connectivity index (χ2v) is 7.79. The third-order valence-electron chi connectivity index (χ3n) is 4.66. The van der Waals surface area contributed by atoms with Crippen molar-refractivity contribution in [2.45, 2.75) is 63.8 Å². The van der Waals surface area contributed by atoms with Gasteiger partial charge in [0.1, 0.15) is 5.60 Å². The molecule has 0 N–H and O–H groups in total. The van der Waals surface area contributed by atoms with Gasteiger partial charge in [-0.15, -0.1) is 0 Å². The number of halogens is 1. The summed E-state index contributed by atoms with van der Waals surface area (Å²) in [6.45, 7) is 16.0. The number of allylic oxidation sites excluding steroid dienone is 1. The normalized spacial score (nSPS) is 28.6. The van der Waals surface area contributed by atoms with Crippen molar-refractivity contribution in [1.29, 1.82) is 0 Å². The van der Waals surface area contributed by atoms with E-state index in [-0.39, 0.29) is 11.4 Å². The van der Waals surface area contributed by atoms with Crippen molar-refractivity contribution in [3.8, 4) is 0 Å². The van der Waals surface area contributed by atoms with Gasteiger partial charge in [0, 0.05) is 11.8 Å². The Morgan fingerprint density at radius 1 is 1.60 bits per heavy atom. The minimum atomic E-state index is -0.582. The molecule has 0 bridgehead atoms. The van der Waals surface area contributed by atoms with E-state index in [9.17, 15) is 4.79 Å². The van der Waals surface area contributed by atoms with Crippen LogP contribution in [0.15, 0.2) is 24.8 Å². The summed E-state index contributed by atoms with van der Waals surface area (Å²) in [4.78, 5) is 11.7. The van der Waals surface area contributed by atoms with E-state index in [1.165, 1.54) is 12.5 Å². The Kier molecular flexibility index (Phi) is 5.65. The maximum absolute atomic E-state index is 11.2. The molecule has 0 aromatic heterocycles. The molecule has 0 aromatic carbocycles. The number of carbonyl (C=O) groups excluding carboxylic acids is 1. The lowest BCUT2D eigenvalue weighted by Crippen LogP contribution is -2.39. The molecule has 0 heterocycles. The van der Waals surface area contributed by atoms with E-state index in [0.717, 1.165) is 25.7 Å². The minimum absolute atomic E-state index is 0.174. The van der Waals surface area contributed by atoms with Crippen LogP contribution in [0.25, 0.3) is 0 Å². The van der Waals surface area contributed by atoms with Gasteiger partial charge in [-0.2, -0.15) is 0 Å². The molecule has 0 aliphatic heterocycles. The smallest absolute Gasteiger partial charge is 0.303 e. The molecular formula is C17H27BrO2. The highest BCUT2D eigenvalue weighted by atomic mass is 79.9. The predicted molar refractivity (Wildman–Crippen MR) is 88.0 cm³/mol. The van der Waals surface area contributed by atoms with Gasteiger partial charge in [-0.25, -0.2) is 0 Å². The third kappa shape index (κ3) is 3.97. The maximum Gasteiger partial charge on any atom is 0.303 e. The van der Waals surface area contributed by atoms with Gasteiger partial charge in [0.25, 0.3) is 0 Å². The molecule has 20 heavy (non-hydrogen) atoms. The molecule has 0 saturated heterocycles. The highest BCUT2D eigenvalue weighted by Crippen LogP contribution is 2.49. The fraction of sp³-hybridized carbons (Fsp3) is 0.706. The number of carbonyl (C=O) groups is 1. The van der Waals surface area contributed by atoms with Gasteiger partial charge in [-0.3, -0.25) is 4.79 Å². The molecule has 3 unspecified atom stereocenters. The molecule has 1 saturated carbocycles. The first-order chi connectivity index (χ1) is 9.12. The topological polar surface area (TPSA) is 26.3 Å². The zero-order valence-electron chi connectivity index (χ0n) is 13.2. The van der Waals surface area contributed by atoms with Crippen molar-refractivity contribution in [3.05, 3.63) is 24.8 Å². The van der Waals surface area contributed by atoms with Crippen LogP contribution < -0.4 is 0 Å². The SMILES string of the molecule is C=CC(C)(CCC1C(=C)CCC(Br)C1(C)C)OC(C)=O. The van der Waals surface area contributed by atoms with Gasteiger partial charge in [0.2, 0.25) is 0 Å². The molecule has 114 valence electrons. The molecule has 1 aliphatic rings. The van der Waals surface area contributed by atoms with Crippen molar-refractivity contribution in [2.75, 3.05) is 0 Å². The molecule has 0 spiro atoms. The van der Waals surface area contributed by atoms with Gasteiger partial charge >= 0.3 is 5.97 Å². The largest absolute Gasteiger partial charge is 0.455 e. The van der Waals surface area contributed by atoms with Gasteiger partial charge in [0.15, 0.2) is 0 Å². The average molecular weight is 343 g/mol. The molecule has 1 fully saturated rings. The lowest BCUT2D eigenvalue weighted by atomic mass is 9.64. The second-order valence-electron chi connectivity index (χ2n) is 6.69. The first-order valence-electron chi connectivity index (χ1n) is 7.27. The Bertz CT molecular complexity index is 400. The van der Waals surface area contributed by atoms with E-state index in [4.69, 9.17) is 4.74 Å². The summed E-state index contributed by atoms with van der Waals surface area (Å²) in [7, 11) is 0. The van der Waals surface area contributed by atoms with E-state index in [2.05, 4.69) is 42.9 Å². The summed E-state index contributed by atoms with van der Waals surface area (Å²) in [6.07, 6.45) is 5.69. The highest BCUT2D eigenvalue weighted by Gasteiger charge is 2.41. The zero-order chi connectivity index (χ0) is 15.6. The first kappa shape index (κ1) is 17.5. The second kappa shape index (κ2) is 6.46. The summed E-state index contributed by atoms with van der Waals surface area (Å²) in [6, 6.07) is 0. The molecule has 1 aliphatic carbocycles. The van der Waals surface area contributed by atoms with Crippen molar-refractivity contribution in [1.82, 2.24) is 0 Å². The lowest BCUT2D eigenvalue weighted by Gasteiger charge is -2.45. The van der Waals surface area contributed by atoms with E-state index in [1.54, 1.807) is 6.08 Å². The number of alkyl halides is 1. The van der Waals surface area contributed by atoms with Crippen LogP contribution >= 0.6 is 15.9 Å². The molecule has 0 aromatic rings. The lowest BCUT2D eigenvalue weighted by molar-refractivity contribution is -0.151. The molecule has 2 nitrogen and oxygen atoms in total. The van der Waals surface area contributed by atoms with Crippen LogP contribution in [0, 0.1) is 11.3 Å². The monoisotopic (exact) mass is 342 g/mol. The van der Waals surface area contributed by atoms with E-state index in [0.29, 0.717) is 10.7 Å². The standard InChI is InChI=1S/C17H27BrO2/c1-7-17(6,20-13(3)19)11-10-14-12(2)8-9-15(18)16(14,4)5/h7,14-15H,1-2,8-11H2,3-6H3.